The Morgan fingerprint density at radius 3 is 1.90 bits per heavy atom. The highest BCUT2D eigenvalue weighted by Gasteiger charge is 2.50. The Hall–Kier alpha value is -3.82. The van der Waals surface area contributed by atoms with Gasteiger partial charge in [-0.15, -0.1) is 0 Å². The molecule has 0 saturated carbocycles. The summed E-state index contributed by atoms with van der Waals surface area (Å²) >= 11 is 12.3. The number of hydrogen-bond acceptors (Lipinski definition) is 6. The first-order valence-corrected chi connectivity index (χ1v) is 13.2. The standard InChI is InChI=1S/C29H29Cl2N3O6/c1-28(2,3)25-23(16-33(25)27(36)37)32-22-15-19(9-14-24(22)34(38)39)29(26(35)40-4,17-5-10-20(30)11-6-17)18-7-12-21(31)13-8-18/h5-15,23,25,32H,16H2,1-4H3,(H,36,37). The van der Waals surface area contributed by atoms with Crippen LogP contribution in [0.5, 0.6) is 0 Å². The van der Waals surface area contributed by atoms with Gasteiger partial charge in [-0.1, -0.05) is 74.3 Å². The van der Waals surface area contributed by atoms with E-state index in [1.807, 2.05) is 20.8 Å². The molecule has 1 aliphatic rings. The summed E-state index contributed by atoms with van der Waals surface area (Å²) in [4.78, 5) is 38.5. The quantitative estimate of drug-likeness (QED) is 0.139. The number of nitrogens with one attached hydrogen (secondary N) is 1. The molecule has 1 aliphatic heterocycles. The summed E-state index contributed by atoms with van der Waals surface area (Å²) < 4.78 is 5.34. The molecule has 1 heterocycles. The van der Waals surface area contributed by atoms with Crippen LogP contribution >= 0.6 is 23.2 Å². The minimum Gasteiger partial charge on any atom is -0.468 e. The number of carboxylic acid groups (broad SMARTS) is 1. The van der Waals surface area contributed by atoms with Crippen molar-refractivity contribution in [3.63, 3.8) is 0 Å². The number of methoxy groups -OCH3 is 1. The van der Waals surface area contributed by atoms with Crippen LogP contribution < -0.4 is 5.32 Å². The summed E-state index contributed by atoms with van der Waals surface area (Å²) in [5.41, 5.74) is -0.578. The monoisotopic (exact) mass is 585 g/mol. The highest BCUT2D eigenvalue weighted by molar-refractivity contribution is 6.30. The van der Waals surface area contributed by atoms with Gasteiger partial charge in [0.25, 0.3) is 5.69 Å². The Bertz CT molecular complexity index is 1390. The summed E-state index contributed by atoms with van der Waals surface area (Å²) in [6.45, 7) is 5.88. The first-order chi connectivity index (χ1) is 18.8. The molecule has 3 aromatic carbocycles. The number of hydrogen-bond donors (Lipinski definition) is 2. The molecular formula is C29H29Cl2N3O6. The van der Waals surface area contributed by atoms with E-state index in [0.717, 1.165) is 0 Å². The number of ether oxygens (including phenoxy) is 1. The molecule has 11 heteroatoms. The lowest BCUT2D eigenvalue weighted by molar-refractivity contribution is -0.384. The number of nitro groups is 1. The fraction of sp³-hybridized carbons (Fsp3) is 0.310. The van der Waals surface area contributed by atoms with Crippen LogP contribution in [-0.4, -0.2) is 52.7 Å². The van der Waals surface area contributed by atoms with Crippen LogP contribution in [0.2, 0.25) is 10.0 Å². The number of halogens is 2. The molecule has 4 rings (SSSR count). The zero-order valence-corrected chi connectivity index (χ0v) is 23.9. The predicted octanol–water partition coefficient (Wildman–Crippen LogP) is 6.60. The van der Waals surface area contributed by atoms with Gasteiger partial charge in [0, 0.05) is 22.7 Å². The van der Waals surface area contributed by atoms with Gasteiger partial charge in [-0.2, -0.15) is 0 Å². The number of anilines is 1. The molecule has 1 saturated heterocycles. The summed E-state index contributed by atoms with van der Waals surface area (Å²) in [6.07, 6.45) is -1.06. The third-order valence-electron chi connectivity index (χ3n) is 7.26. The molecule has 40 heavy (non-hydrogen) atoms. The van der Waals surface area contributed by atoms with Gasteiger partial charge in [0.15, 0.2) is 0 Å². The maximum atomic E-state index is 13.8. The predicted molar refractivity (Wildman–Crippen MR) is 153 cm³/mol. The normalized spacial score (nSPS) is 17.1. The van der Waals surface area contributed by atoms with Crippen molar-refractivity contribution in [1.29, 1.82) is 0 Å². The number of amides is 1. The minimum atomic E-state index is -1.54. The molecule has 1 amide bonds. The minimum absolute atomic E-state index is 0.148. The molecule has 0 bridgehead atoms. The van der Waals surface area contributed by atoms with E-state index in [1.54, 1.807) is 54.6 Å². The van der Waals surface area contributed by atoms with Crippen LogP contribution in [0.4, 0.5) is 16.2 Å². The largest absolute Gasteiger partial charge is 0.468 e. The average Bonchev–Trinajstić information content (AvgIpc) is 2.87. The highest BCUT2D eigenvalue weighted by Crippen LogP contribution is 2.44. The van der Waals surface area contributed by atoms with Crippen molar-refractivity contribution in [3.05, 3.63) is 104 Å². The molecule has 1 fully saturated rings. The smallest absolute Gasteiger partial charge is 0.407 e. The number of rotatable bonds is 7. The number of carbonyl (C=O) groups is 2. The second-order valence-corrected chi connectivity index (χ2v) is 11.6. The number of esters is 1. The van der Waals surface area contributed by atoms with Crippen molar-refractivity contribution < 1.29 is 24.4 Å². The molecule has 2 atom stereocenters. The van der Waals surface area contributed by atoms with Gasteiger partial charge >= 0.3 is 12.1 Å². The van der Waals surface area contributed by atoms with Crippen LogP contribution in [0.3, 0.4) is 0 Å². The number of nitrogens with zero attached hydrogens (tertiary/aromatic N) is 2. The third-order valence-corrected chi connectivity index (χ3v) is 7.76. The van der Waals surface area contributed by atoms with E-state index in [1.165, 1.54) is 24.1 Å². The Balaban J connectivity index is 1.93. The van der Waals surface area contributed by atoms with Gasteiger partial charge in [0.05, 0.1) is 24.1 Å². The van der Waals surface area contributed by atoms with Crippen molar-refractivity contribution in [2.24, 2.45) is 5.41 Å². The molecule has 0 aromatic heterocycles. The van der Waals surface area contributed by atoms with E-state index >= 15 is 0 Å². The van der Waals surface area contributed by atoms with E-state index in [-0.39, 0.29) is 17.9 Å². The Labute approximate surface area is 241 Å². The Morgan fingerprint density at radius 2 is 1.48 bits per heavy atom. The van der Waals surface area contributed by atoms with Crippen LogP contribution in [0.15, 0.2) is 66.7 Å². The molecule has 2 N–H and O–H groups in total. The van der Waals surface area contributed by atoms with Crippen molar-refractivity contribution in [2.75, 3.05) is 19.0 Å². The van der Waals surface area contributed by atoms with Gasteiger partial charge in [-0.05, 0) is 52.4 Å². The first kappa shape index (κ1) is 29.2. The SMILES string of the molecule is COC(=O)C(c1ccc(Cl)cc1)(c1ccc(Cl)cc1)c1ccc([N+](=O)[O-])c(NC2CN(C(=O)O)C2C(C)(C)C)c1. The van der Waals surface area contributed by atoms with Crippen molar-refractivity contribution in [2.45, 2.75) is 38.3 Å². The zero-order chi connectivity index (χ0) is 29.4. The molecule has 0 radical (unpaired) electrons. The molecule has 3 aromatic rings. The van der Waals surface area contributed by atoms with Gasteiger partial charge in [-0.3, -0.25) is 14.9 Å². The summed E-state index contributed by atoms with van der Waals surface area (Å²) in [6, 6.07) is 17.0. The molecule has 0 aliphatic carbocycles. The number of likely N-dealkylation sites (tertiary alicyclic amines) is 1. The maximum Gasteiger partial charge on any atom is 0.407 e. The lowest BCUT2D eigenvalue weighted by atomic mass is 9.69. The average molecular weight is 586 g/mol. The summed E-state index contributed by atoms with van der Waals surface area (Å²) in [7, 11) is 1.27. The van der Waals surface area contributed by atoms with E-state index in [9.17, 15) is 24.8 Å². The van der Waals surface area contributed by atoms with Crippen LogP contribution in [0.1, 0.15) is 37.5 Å². The molecule has 9 nitrogen and oxygen atoms in total. The van der Waals surface area contributed by atoms with E-state index in [0.29, 0.717) is 26.7 Å². The fourth-order valence-electron chi connectivity index (χ4n) is 5.55. The van der Waals surface area contributed by atoms with E-state index in [4.69, 9.17) is 27.9 Å². The van der Waals surface area contributed by atoms with Crippen LogP contribution in [-0.2, 0) is 14.9 Å². The summed E-state index contributed by atoms with van der Waals surface area (Å²) in [5.74, 6) is -0.620. The fourth-order valence-corrected chi connectivity index (χ4v) is 5.80. The van der Waals surface area contributed by atoms with Gasteiger partial charge in [0.1, 0.15) is 11.1 Å². The molecule has 2 unspecified atom stereocenters. The van der Waals surface area contributed by atoms with Crippen LogP contribution in [0, 0.1) is 15.5 Å². The van der Waals surface area contributed by atoms with E-state index < -0.39 is 39.9 Å². The first-order valence-electron chi connectivity index (χ1n) is 12.5. The Kier molecular flexibility index (Phi) is 8.01. The Morgan fingerprint density at radius 1 is 0.975 bits per heavy atom. The van der Waals surface area contributed by atoms with Crippen molar-refractivity contribution >= 4 is 46.6 Å². The molecular weight excluding hydrogens is 557 g/mol. The zero-order valence-electron chi connectivity index (χ0n) is 22.4. The molecule has 210 valence electrons. The second kappa shape index (κ2) is 11.0. The number of benzene rings is 3. The second-order valence-electron chi connectivity index (χ2n) is 10.7. The number of nitro benzene ring substituents is 1. The van der Waals surface area contributed by atoms with Gasteiger partial charge < -0.3 is 20.1 Å². The number of carbonyl (C=O) groups excluding carboxylic acids is 1. The highest BCUT2D eigenvalue weighted by atomic mass is 35.5. The molecule has 0 spiro atoms. The van der Waals surface area contributed by atoms with Crippen molar-refractivity contribution in [3.8, 4) is 0 Å². The third kappa shape index (κ3) is 5.19. The van der Waals surface area contributed by atoms with E-state index in [2.05, 4.69) is 5.32 Å². The topological polar surface area (TPSA) is 122 Å². The lowest BCUT2D eigenvalue weighted by Gasteiger charge is -2.53. The summed E-state index contributed by atoms with van der Waals surface area (Å²) in [5, 5.41) is 25.9. The lowest BCUT2D eigenvalue weighted by Crippen LogP contribution is -2.69. The van der Waals surface area contributed by atoms with Gasteiger partial charge in [0.2, 0.25) is 0 Å². The van der Waals surface area contributed by atoms with Crippen LogP contribution in [0.25, 0.3) is 0 Å². The van der Waals surface area contributed by atoms with Crippen molar-refractivity contribution in [1.82, 2.24) is 4.90 Å². The maximum absolute atomic E-state index is 13.8. The van der Waals surface area contributed by atoms with Gasteiger partial charge in [-0.25, -0.2) is 4.79 Å².